The fourth-order valence-corrected chi connectivity index (χ4v) is 3.45. The highest BCUT2D eigenvalue weighted by atomic mass is 32.2. The van der Waals surface area contributed by atoms with Crippen LogP contribution in [-0.2, 0) is 12.2 Å². The highest BCUT2D eigenvalue weighted by molar-refractivity contribution is 7.99. The van der Waals surface area contributed by atoms with Gasteiger partial charge < -0.3 is 5.32 Å². The quantitative estimate of drug-likeness (QED) is 0.897. The first-order chi connectivity index (χ1) is 9.41. The average molecular weight is 293 g/mol. The first-order valence-electron chi connectivity index (χ1n) is 7.61. The molecule has 1 N–H and O–H groups in total. The van der Waals surface area contributed by atoms with Gasteiger partial charge in [0.25, 0.3) is 0 Å². The molecule has 0 amide bonds. The lowest BCUT2D eigenvalue weighted by molar-refractivity contribution is 0.255. The number of aromatic nitrogens is 2. The van der Waals surface area contributed by atoms with E-state index in [2.05, 4.69) is 51.1 Å². The molecule has 1 unspecified atom stereocenters. The van der Waals surface area contributed by atoms with Crippen molar-refractivity contribution in [1.82, 2.24) is 15.3 Å². The summed E-state index contributed by atoms with van der Waals surface area (Å²) in [6, 6.07) is 0.408. The summed E-state index contributed by atoms with van der Waals surface area (Å²) in [5.41, 5.74) is 2.88. The molecule has 0 radical (unpaired) electrons. The maximum atomic E-state index is 4.84. The van der Waals surface area contributed by atoms with Gasteiger partial charge in [0.05, 0.1) is 5.75 Å². The second kappa shape index (κ2) is 6.44. The zero-order valence-electron chi connectivity index (χ0n) is 13.4. The van der Waals surface area contributed by atoms with E-state index < -0.39 is 0 Å². The lowest BCUT2D eigenvalue weighted by atomic mass is 9.74. The molecule has 112 valence electrons. The Bertz CT molecular complexity index is 457. The Morgan fingerprint density at radius 1 is 1.45 bits per heavy atom. The number of rotatable bonds is 5. The molecule has 0 fully saturated rings. The molecule has 1 aromatic heterocycles. The van der Waals surface area contributed by atoms with E-state index in [4.69, 9.17) is 4.98 Å². The molecule has 20 heavy (non-hydrogen) atoms. The van der Waals surface area contributed by atoms with Crippen LogP contribution in [0.5, 0.6) is 0 Å². The summed E-state index contributed by atoms with van der Waals surface area (Å²) in [6.07, 6.45) is 4.28. The summed E-state index contributed by atoms with van der Waals surface area (Å²) < 4.78 is 0. The van der Waals surface area contributed by atoms with E-state index in [0.29, 0.717) is 16.7 Å². The number of nitrogens with zero attached hydrogens (tertiary/aromatic N) is 2. The Morgan fingerprint density at radius 2 is 2.20 bits per heavy atom. The second-order valence-corrected chi connectivity index (χ2v) is 8.27. The minimum Gasteiger partial charge on any atom is -0.310 e. The normalized spacial score (nSPS) is 21.0. The van der Waals surface area contributed by atoms with Crippen LogP contribution in [0, 0.1) is 5.41 Å². The Kier molecular flexibility index (Phi) is 5.08. The van der Waals surface area contributed by atoms with Crippen LogP contribution in [0.25, 0.3) is 0 Å². The number of thioether (sulfide) groups is 1. The largest absolute Gasteiger partial charge is 0.310 e. The van der Waals surface area contributed by atoms with Crippen molar-refractivity contribution in [3.8, 4) is 0 Å². The summed E-state index contributed by atoms with van der Waals surface area (Å²) in [7, 11) is 0. The molecule has 0 aromatic carbocycles. The van der Waals surface area contributed by atoms with Gasteiger partial charge >= 0.3 is 0 Å². The molecule has 0 spiro atoms. The van der Waals surface area contributed by atoms with Crippen molar-refractivity contribution in [2.75, 3.05) is 6.54 Å². The number of hydrogen-bond donors (Lipinski definition) is 1. The Labute approximate surface area is 127 Å². The Balaban J connectivity index is 2.22. The molecular weight excluding hydrogens is 266 g/mol. The van der Waals surface area contributed by atoms with E-state index in [0.717, 1.165) is 31.0 Å². The van der Waals surface area contributed by atoms with Crippen molar-refractivity contribution in [3.63, 3.8) is 0 Å². The molecule has 1 aromatic rings. The van der Waals surface area contributed by atoms with Crippen molar-refractivity contribution in [3.05, 3.63) is 23.3 Å². The molecule has 1 aliphatic rings. The molecule has 0 aliphatic heterocycles. The molecular formula is C16H27N3S. The first-order valence-corrected chi connectivity index (χ1v) is 8.66. The van der Waals surface area contributed by atoms with Crippen molar-refractivity contribution in [2.45, 2.75) is 64.5 Å². The van der Waals surface area contributed by atoms with E-state index in [1.54, 1.807) is 0 Å². The number of nitrogens with one attached hydrogen (secondary N) is 1. The third-order valence-corrected chi connectivity index (χ3v) is 4.82. The predicted molar refractivity (Wildman–Crippen MR) is 87.0 cm³/mol. The van der Waals surface area contributed by atoms with Crippen LogP contribution in [0.3, 0.4) is 0 Å². The molecule has 2 rings (SSSR count). The molecule has 1 aliphatic carbocycles. The molecule has 4 heteroatoms. The molecule has 0 saturated carbocycles. The molecule has 0 saturated heterocycles. The van der Waals surface area contributed by atoms with Crippen LogP contribution in [0.2, 0.25) is 0 Å². The van der Waals surface area contributed by atoms with Gasteiger partial charge in [-0.15, -0.1) is 0 Å². The van der Waals surface area contributed by atoms with Crippen LogP contribution in [0.4, 0.5) is 0 Å². The van der Waals surface area contributed by atoms with Gasteiger partial charge in [-0.2, -0.15) is 11.8 Å². The SMILES string of the molecule is CCNC1CC(C)(C)Cc2nc(CSC(C)C)ncc21. The predicted octanol–water partition coefficient (Wildman–Crippen LogP) is 3.74. The van der Waals surface area contributed by atoms with Gasteiger partial charge in [-0.05, 0) is 30.1 Å². The van der Waals surface area contributed by atoms with E-state index in [1.165, 1.54) is 11.3 Å². The van der Waals surface area contributed by atoms with E-state index in [-0.39, 0.29) is 0 Å². The van der Waals surface area contributed by atoms with Crippen molar-refractivity contribution >= 4 is 11.8 Å². The lowest BCUT2D eigenvalue weighted by Crippen LogP contribution is -2.34. The highest BCUT2D eigenvalue weighted by Crippen LogP contribution is 2.39. The van der Waals surface area contributed by atoms with Gasteiger partial charge in [-0.3, -0.25) is 0 Å². The monoisotopic (exact) mass is 293 g/mol. The fraction of sp³-hybridized carbons (Fsp3) is 0.750. The Morgan fingerprint density at radius 3 is 2.85 bits per heavy atom. The van der Waals surface area contributed by atoms with Crippen molar-refractivity contribution < 1.29 is 0 Å². The topological polar surface area (TPSA) is 37.8 Å². The smallest absolute Gasteiger partial charge is 0.138 e. The van der Waals surface area contributed by atoms with Gasteiger partial charge in [-0.1, -0.05) is 34.6 Å². The zero-order chi connectivity index (χ0) is 14.8. The maximum absolute atomic E-state index is 4.84. The van der Waals surface area contributed by atoms with Gasteiger partial charge in [0.15, 0.2) is 0 Å². The third-order valence-electron chi connectivity index (χ3n) is 3.72. The summed E-state index contributed by atoms with van der Waals surface area (Å²) in [5.74, 6) is 1.90. The minimum absolute atomic E-state index is 0.316. The lowest BCUT2D eigenvalue weighted by Gasteiger charge is -2.36. The van der Waals surface area contributed by atoms with Crippen LogP contribution in [0.15, 0.2) is 6.20 Å². The van der Waals surface area contributed by atoms with E-state index in [1.807, 2.05) is 11.8 Å². The van der Waals surface area contributed by atoms with E-state index in [9.17, 15) is 0 Å². The van der Waals surface area contributed by atoms with Crippen LogP contribution in [0.1, 0.15) is 64.2 Å². The van der Waals surface area contributed by atoms with Crippen LogP contribution >= 0.6 is 11.8 Å². The molecule has 1 atom stereocenters. The molecule has 0 bridgehead atoms. The molecule has 3 nitrogen and oxygen atoms in total. The summed E-state index contributed by atoms with van der Waals surface area (Å²) in [6.45, 7) is 12.3. The standard InChI is InChI=1S/C16H27N3S/c1-6-17-13-7-16(4,5)8-14-12(13)9-18-15(19-14)10-20-11(2)3/h9,11,13,17H,6-8,10H2,1-5H3. The van der Waals surface area contributed by atoms with Gasteiger partial charge in [-0.25, -0.2) is 9.97 Å². The summed E-state index contributed by atoms with van der Waals surface area (Å²) in [4.78, 5) is 9.41. The maximum Gasteiger partial charge on any atom is 0.138 e. The minimum atomic E-state index is 0.316. The second-order valence-electron chi connectivity index (χ2n) is 6.70. The first kappa shape index (κ1) is 15.8. The molecule has 1 heterocycles. The number of hydrogen-bond acceptors (Lipinski definition) is 4. The zero-order valence-corrected chi connectivity index (χ0v) is 14.2. The van der Waals surface area contributed by atoms with Crippen molar-refractivity contribution in [1.29, 1.82) is 0 Å². The van der Waals surface area contributed by atoms with Gasteiger partial charge in [0.1, 0.15) is 5.82 Å². The third kappa shape index (κ3) is 3.95. The van der Waals surface area contributed by atoms with Gasteiger partial charge in [0, 0.05) is 23.5 Å². The van der Waals surface area contributed by atoms with E-state index >= 15 is 0 Å². The highest BCUT2D eigenvalue weighted by Gasteiger charge is 2.33. The summed E-state index contributed by atoms with van der Waals surface area (Å²) >= 11 is 1.91. The van der Waals surface area contributed by atoms with Crippen molar-refractivity contribution in [2.24, 2.45) is 5.41 Å². The fourth-order valence-electron chi connectivity index (χ4n) is 2.83. The number of fused-ring (bicyclic) bond motifs is 1. The van der Waals surface area contributed by atoms with Crippen LogP contribution in [-0.4, -0.2) is 21.8 Å². The average Bonchev–Trinajstić information content (AvgIpc) is 2.35. The Hall–Kier alpha value is -0.610. The van der Waals surface area contributed by atoms with Gasteiger partial charge in [0.2, 0.25) is 0 Å². The van der Waals surface area contributed by atoms with Crippen LogP contribution < -0.4 is 5.32 Å². The summed E-state index contributed by atoms with van der Waals surface area (Å²) in [5, 5.41) is 4.21.